The zero-order valence-electron chi connectivity index (χ0n) is 12.7. The van der Waals surface area contributed by atoms with Gasteiger partial charge in [-0.05, 0) is 31.7 Å². The first kappa shape index (κ1) is 14.3. The summed E-state index contributed by atoms with van der Waals surface area (Å²) in [5, 5.41) is 3.32. The Kier molecular flexibility index (Phi) is 4.40. The molecule has 1 aromatic rings. The van der Waals surface area contributed by atoms with Gasteiger partial charge in [0.2, 0.25) is 5.95 Å². The van der Waals surface area contributed by atoms with E-state index in [0.717, 1.165) is 37.8 Å². The number of nitrogens with one attached hydrogen (secondary N) is 1. The molecule has 0 radical (unpaired) electrons. The van der Waals surface area contributed by atoms with Crippen LogP contribution in [0.1, 0.15) is 44.9 Å². The van der Waals surface area contributed by atoms with E-state index in [0.29, 0.717) is 5.41 Å². The maximum Gasteiger partial charge on any atom is 0.225 e. The summed E-state index contributed by atoms with van der Waals surface area (Å²) in [6, 6.07) is 0. The number of hydrogen-bond donors (Lipinski definition) is 1. The van der Waals surface area contributed by atoms with Crippen molar-refractivity contribution in [1.29, 1.82) is 0 Å². The monoisotopic (exact) mass is 262 g/mol. The van der Waals surface area contributed by atoms with E-state index in [1.807, 2.05) is 6.20 Å². The van der Waals surface area contributed by atoms with Gasteiger partial charge in [0.25, 0.3) is 0 Å². The maximum absolute atomic E-state index is 4.67. The molecule has 0 bridgehead atoms. The third-order valence-corrected chi connectivity index (χ3v) is 4.03. The first-order chi connectivity index (χ1) is 9.02. The zero-order chi connectivity index (χ0) is 13.9. The summed E-state index contributed by atoms with van der Waals surface area (Å²) in [7, 11) is 0. The van der Waals surface area contributed by atoms with Crippen molar-refractivity contribution in [1.82, 2.24) is 15.3 Å². The number of aromatic nitrogens is 2. The highest BCUT2D eigenvalue weighted by molar-refractivity contribution is 5.33. The lowest BCUT2D eigenvalue weighted by Crippen LogP contribution is -2.38. The van der Waals surface area contributed by atoms with Gasteiger partial charge in [-0.3, -0.25) is 0 Å². The van der Waals surface area contributed by atoms with Gasteiger partial charge in [0.15, 0.2) is 0 Å². The molecule has 1 aliphatic rings. The molecular weight excluding hydrogens is 236 g/mol. The SMILES string of the molecule is CCNCc1cnc(N2CCC(C)(C)CC2)nc1C. The summed E-state index contributed by atoms with van der Waals surface area (Å²) in [6.45, 7) is 12.8. The summed E-state index contributed by atoms with van der Waals surface area (Å²) in [4.78, 5) is 11.5. The van der Waals surface area contributed by atoms with Crippen LogP contribution in [0.15, 0.2) is 6.20 Å². The van der Waals surface area contributed by atoms with E-state index < -0.39 is 0 Å². The molecular formula is C15H26N4. The van der Waals surface area contributed by atoms with Gasteiger partial charge in [0.1, 0.15) is 0 Å². The van der Waals surface area contributed by atoms with Crippen LogP contribution in [0.2, 0.25) is 0 Å². The molecule has 1 aromatic heterocycles. The highest BCUT2D eigenvalue weighted by Gasteiger charge is 2.26. The molecule has 1 saturated heterocycles. The van der Waals surface area contributed by atoms with Crippen LogP contribution in [0.4, 0.5) is 5.95 Å². The van der Waals surface area contributed by atoms with Crippen molar-refractivity contribution in [2.45, 2.75) is 47.1 Å². The van der Waals surface area contributed by atoms with E-state index in [4.69, 9.17) is 0 Å². The van der Waals surface area contributed by atoms with Crippen LogP contribution in [0, 0.1) is 12.3 Å². The predicted octanol–water partition coefficient (Wildman–Crippen LogP) is 2.52. The van der Waals surface area contributed by atoms with E-state index in [1.165, 1.54) is 18.4 Å². The molecule has 0 amide bonds. The summed E-state index contributed by atoms with van der Waals surface area (Å²) in [5.41, 5.74) is 2.76. The Balaban J connectivity index is 2.04. The lowest BCUT2D eigenvalue weighted by molar-refractivity contribution is 0.278. The van der Waals surface area contributed by atoms with Gasteiger partial charge in [0, 0.05) is 37.1 Å². The lowest BCUT2D eigenvalue weighted by atomic mass is 9.83. The Morgan fingerprint density at radius 2 is 2.00 bits per heavy atom. The van der Waals surface area contributed by atoms with Crippen LogP contribution in [0.5, 0.6) is 0 Å². The molecule has 106 valence electrons. The molecule has 0 atom stereocenters. The molecule has 2 rings (SSSR count). The van der Waals surface area contributed by atoms with Crippen LogP contribution < -0.4 is 10.2 Å². The second kappa shape index (κ2) is 5.87. The van der Waals surface area contributed by atoms with Crippen molar-refractivity contribution in [2.24, 2.45) is 5.41 Å². The average molecular weight is 262 g/mol. The quantitative estimate of drug-likeness (QED) is 0.905. The number of piperidine rings is 1. The van der Waals surface area contributed by atoms with Gasteiger partial charge >= 0.3 is 0 Å². The summed E-state index contributed by atoms with van der Waals surface area (Å²) in [6.07, 6.45) is 4.41. The second-order valence-electron chi connectivity index (χ2n) is 6.21. The van der Waals surface area contributed by atoms with Gasteiger partial charge < -0.3 is 10.2 Å². The van der Waals surface area contributed by atoms with Crippen LogP contribution in [-0.2, 0) is 6.54 Å². The fourth-order valence-electron chi connectivity index (χ4n) is 2.38. The summed E-state index contributed by atoms with van der Waals surface area (Å²) >= 11 is 0. The van der Waals surface area contributed by atoms with Crippen LogP contribution in [0.25, 0.3) is 0 Å². The highest BCUT2D eigenvalue weighted by atomic mass is 15.3. The minimum absolute atomic E-state index is 0.469. The fraction of sp³-hybridized carbons (Fsp3) is 0.733. The minimum atomic E-state index is 0.469. The molecule has 0 aliphatic carbocycles. The van der Waals surface area contributed by atoms with E-state index in [9.17, 15) is 0 Å². The van der Waals surface area contributed by atoms with Crippen molar-refractivity contribution in [3.63, 3.8) is 0 Å². The average Bonchev–Trinajstić information content (AvgIpc) is 2.37. The summed E-state index contributed by atoms with van der Waals surface area (Å²) in [5.74, 6) is 0.897. The van der Waals surface area contributed by atoms with Gasteiger partial charge in [-0.2, -0.15) is 0 Å². The van der Waals surface area contributed by atoms with Gasteiger partial charge in [0.05, 0.1) is 0 Å². The fourth-order valence-corrected chi connectivity index (χ4v) is 2.38. The van der Waals surface area contributed by atoms with Crippen molar-refractivity contribution < 1.29 is 0 Å². The maximum atomic E-state index is 4.67. The molecule has 0 saturated carbocycles. The Labute approximate surface area is 116 Å². The van der Waals surface area contributed by atoms with Crippen molar-refractivity contribution in [2.75, 3.05) is 24.5 Å². The van der Waals surface area contributed by atoms with Crippen LogP contribution >= 0.6 is 0 Å². The Morgan fingerprint density at radius 1 is 1.32 bits per heavy atom. The molecule has 2 heterocycles. The number of hydrogen-bond acceptors (Lipinski definition) is 4. The van der Waals surface area contributed by atoms with Gasteiger partial charge in [-0.25, -0.2) is 9.97 Å². The van der Waals surface area contributed by atoms with Crippen molar-refractivity contribution in [3.05, 3.63) is 17.5 Å². The van der Waals surface area contributed by atoms with Gasteiger partial charge in [-0.1, -0.05) is 20.8 Å². The molecule has 0 spiro atoms. The first-order valence-electron chi connectivity index (χ1n) is 7.30. The van der Waals surface area contributed by atoms with Crippen LogP contribution in [-0.4, -0.2) is 29.6 Å². The lowest BCUT2D eigenvalue weighted by Gasteiger charge is -2.37. The van der Waals surface area contributed by atoms with Gasteiger partial charge in [-0.15, -0.1) is 0 Å². The topological polar surface area (TPSA) is 41.1 Å². The molecule has 4 heteroatoms. The third kappa shape index (κ3) is 3.66. The number of rotatable bonds is 4. The highest BCUT2D eigenvalue weighted by Crippen LogP contribution is 2.31. The molecule has 19 heavy (non-hydrogen) atoms. The number of aryl methyl sites for hydroxylation is 1. The predicted molar refractivity (Wildman–Crippen MR) is 79.4 cm³/mol. The van der Waals surface area contributed by atoms with E-state index in [1.54, 1.807) is 0 Å². The third-order valence-electron chi connectivity index (χ3n) is 4.03. The molecule has 4 nitrogen and oxygen atoms in total. The standard InChI is InChI=1S/C15H26N4/c1-5-16-10-13-11-17-14(18-12(13)2)19-8-6-15(3,4)7-9-19/h11,16H,5-10H2,1-4H3. The normalized spacial score (nSPS) is 18.6. The number of anilines is 1. The van der Waals surface area contributed by atoms with Crippen molar-refractivity contribution in [3.8, 4) is 0 Å². The molecule has 1 fully saturated rings. The molecule has 0 aromatic carbocycles. The van der Waals surface area contributed by atoms with E-state index >= 15 is 0 Å². The van der Waals surface area contributed by atoms with E-state index in [-0.39, 0.29) is 0 Å². The minimum Gasteiger partial charge on any atom is -0.341 e. The molecule has 1 N–H and O–H groups in total. The summed E-state index contributed by atoms with van der Waals surface area (Å²) < 4.78 is 0. The Hall–Kier alpha value is -1.16. The Bertz CT molecular complexity index is 418. The smallest absolute Gasteiger partial charge is 0.225 e. The number of nitrogens with zero attached hydrogens (tertiary/aromatic N) is 3. The first-order valence-corrected chi connectivity index (χ1v) is 7.30. The Morgan fingerprint density at radius 3 is 2.58 bits per heavy atom. The second-order valence-corrected chi connectivity index (χ2v) is 6.21. The van der Waals surface area contributed by atoms with Crippen LogP contribution in [0.3, 0.4) is 0 Å². The zero-order valence-corrected chi connectivity index (χ0v) is 12.7. The van der Waals surface area contributed by atoms with Crippen molar-refractivity contribution >= 4 is 5.95 Å². The molecule has 1 aliphatic heterocycles. The molecule has 0 unspecified atom stereocenters. The largest absolute Gasteiger partial charge is 0.341 e. The van der Waals surface area contributed by atoms with E-state index in [2.05, 4.69) is 47.9 Å².